The molecule has 7 nitrogen and oxygen atoms in total. The molecule has 1 aliphatic heterocycles. The van der Waals surface area contributed by atoms with Crippen molar-refractivity contribution in [3.63, 3.8) is 0 Å². The van der Waals surface area contributed by atoms with Crippen molar-refractivity contribution in [1.29, 1.82) is 0 Å². The number of likely N-dealkylation sites (tertiary alicyclic amines) is 1. The van der Waals surface area contributed by atoms with Gasteiger partial charge in [-0.05, 0) is 63.0 Å². The highest BCUT2D eigenvalue weighted by Crippen LogP contribution is 2.41. The first-order valence-electron chi connectivity index (χ1n) is 10.2. The Balaban J connectivity index is 2.15. The first-order valence-corrected chi connectivity index (χ1v) is 10.2. The van der Waals surface area contributed by atoms with Crippen LogP contribution in [0.1, 0.15) is 23.6 Å². The maximum absolute atomic E-state index is 14.0. The summed E-state index contributed by atoms with van der Waals surface area (Å²) < 4.78 is 24.4. The van der Waals surface area contributed by atoms with E-state index < -0.39 is 29.3 Å². The summed E-state index contributed by atoms with van der Waals surface area (Å²) >= 11 is 0. The number of aliphatic hydroxyl groups excluding tert-OH is 1. The summed E-state index contributed by atoms with van der Waals surface area (Å²) in [5, 5.41) is 11.1. The second-order valence-electron chi connectivity index (χ2n) is 7.77. The van der Waals surface area contributed by atoms with E-state index >= 15 is 0 Å². The number of hydrogen-bond donors (Lipinski definition) is 1. The van der Waals surface area contributed by atoms with E-state index in [1.165, 1.54) is 24.1 Å². The third kappa shape index (κ3) is 4.60. The van der Waals surface area contributed by atoms with E-state index in [1.54, 1.807) is 31.4 Å². The standard InChI is InChI=1S/C24H27FN2O5/c1-26(2)12-5-13-27-21(15-6-9-17(31-3)10-7-15)20(23(29)24(27)30)22(28)18-14-16(25)8-11-19(18)32-4/h6-11,14,21,28H,5,12-13H2,1-4H3/t21-/m0/s1. The van der Waals surface area contributed by atoms with Gasteiger partial charge in [0.15, 0.2) is 0 Å². The molecule has 1 atom stereocenters. The Kier molecular flexibility index (Phi) is 7.15. The van der Waals surface area contributed by atoms with Gasteiger partial charge in [-0.1, -0.05) is 12.1 Å². The molecule has 0 spiro atoms. The van der Waals surface area contributed by atoms with Crippen LogP contribution in [0.5, 0.6) is 11.5 Å². The highest BCUT2D eigenvalue weighted by molar-refractivity contribution is 6.46. The van der Waals surface area contributed by atoms with Crippen LogP contribution in [-0.2, 0) is 9.59 Å². The van der Waals surface area contributed by atoms with E-state index in [9.17, 15) is 19.1 Å². The molecule has 1 aliphatic rings. The SMILES string of the molecule is COc1ccc([C@H]2C(=C(O)c3cc(F)ccc3OC)C(=O)C(=O)N2CCCN(C)C)cc1. The predicted octanol–water partition coefficient (Wildman–Crippen LogP) is 3.22. The molecule has 1 saturated heterocycles. The van der Waals surface area contributed by atoms with Gasteiger partial charge in [0, 0.05) is 6.54 Å². The Morgan fingerprint density at radius 2 is 1.78 bits per heavy atom. The van der Waals surface area contributed by atoms with Gasteiger partial charge < -0.3 is 24.4 Å². The second-order valence-corrected chi connectivity index (χ2v) is 7.77. The van der Waals surface area contributed by atoms with E-state index in [0.29, 0.717) is 24.3 Å². The van der Waals surface area contributed by atoms with Gasteiger partial charge in [-0.3, -0.25) is 9.59 Å². The number of methoxy groups -OCH3 is 2. The molecule has 170 valence electrons. The maximum atomic E-state index is 14.0. The van der Waals surface area contributed by atoms with Crippen LogP contribution in [0.15, 0.2) is 48.0 Å². The number of carbonyl (C=O) groups excluding carboxylic acids is 2. The number of amides is 1. The van der Waals surface area contributed by atoms with Gasteiger partial charge in [-0.2, -0.15) is 0 Å². The quantitative estimate of drug-likeness (QED) is 0.384. The number of benzene rings is 2. The largest absolute Gasteiger partial charge is 0.507 e. The van der Waals surface area contributed by atoms with E-state index in [2.05, 4.69) is 0 Å². The minimum Gasteiger partial charge on any atom is -0.507 e. The summed E-state index contributed by atoms with van der Waals surface area (Å²) in [6.07, 6.45) is 0.635. The Hall–Kier alpha value is -3.39. The van der Waals surface area contributed by atoms with E-state index in [-0.39, 0.29) is 16.9 Å². The summed E-state index contributed by atoms with van der Waals surface area (Å²) in [5.41, 5.74) is 0.540. The number of carbonyl (C=O) groups is 2. The molecule has 1 heterocycles. The van der Waals surface area contributed by atoms with Crippen LogP contribution in [0.25, 0.3) is 5.76 Å². The molecule has 0 saturated carbocycles. The normalized spacial score (nSPS) is 17.8. The molecular weight excluding hydrogens is 415 g/mol. The summed E-state index contributed by atoms with van der Waals surface area (Å²) in [5.74, 6) is -1.80. The lowest BCUT2D eigenvalue weighted by atomic mass is 9.95. The van der Waals surface area contributed by atoms with Crippen molar-refractivity contribution in [2.45, 2.75) is 12.5 Å². The molecule has 2 aromatic rings. The summed E-state index contributed by atoms with van der Waals surface area (Å²) in [6, 6.07) is 9.73. The van der Waals surface area contributed by atoms with Crippen molar-refractivity contribution in [2.24, 2.45) is 0 Å². The lowest BCUT2D eigenvalue weighted by Gasteiger charge is -2.26. The van der Waals surface area contributed by atoms with Gasteiger partial charge in [0.1, 0.15) is 23.1 Å². The summed E-state index contributed by atoms with van der Waals surface area (Å²) in [6.45, 7) is 1.03. The van der Waals surface area contributed by atoms with Gasteiger partial charge in [-0.25, -0.2) is 4.39 Å². The fourth-order valence-electron chi connectivity index (χ4n) is 3.81. The summed E-state index contributed by atoms with van der Waals surface area (Å²) in [4.78, 5) is 29.4. The van der Waals surface area contributed by atoms with Crippen LogP contribution >= 0.6 is 0 Å². The van der Waals surface area contributed by atoms with E-state index in [1.807, 2.05) is 19.0 Å². The molecule has 1 fully saturated rings. The Labute approximate surface area is 186 Å². The molecule has 3 rings (SSSR count). The zero-order valence-electron chi connectivity index (χ0n) is 18.6. The topological polar surface area (TPSA) is 79.3 Å². The first-order chi connectivity index (χ1) is 15.3. The molecule has 0 aromatic heterocycles. The van der Waals surface area contributed by atoms with Crippen molar-refractivity contribution < 1.29 is 28.6 Å². The molecule has 0 unspecified atom stereocenters. The molecule has 8 heteroatoms. The lowest BCUT2D eigenvalue weighted by molar-refractivity contribution is -0.139. The molecule has 0 aliphatic carbocycles. The maximum Gasteiger partial charge on any atom is 0.295 e. The number of halogens is 1. The molecule has 0 radical (unpaired) electrons. The highest BCUT2D eigenvalue weighted by Gasteiger charge is 2.46. The van der Waals surface area contributed by atoms with Crippen molar-refractivity contribution in [3.8, 4) is 11.5 Å². The molecule has 2 aromatic carbocycles. The fraction of sp³-hybridized carbons (Fsp3) is 0.333. The van der Waals surface area contributed by atoms with E-state index in [4.69, 9.17) is 9.47 Å². The molecule has 1 N–H and O–H groups in total. The summed E-state index contributed by atoms with van der Waals surface area (Å²) in [7, 11) is 6.76. The van der Waals surface area contributed by atoms with Gasteiger partial charge in [0.2, 0.25) is 0 Å². The average Bonchev–Trinajstić information content (AvgIpc) is 3.03. The van der Waals surface area contributed by atoms with Crippen molar-refractivity contribution in [2.75, 3.05) is 41.4 Å². The van der Waals surface area contributed by atoms with Crippen LogP contribution in [0.2, 0.25) is 0 Å². The van der Waals surface area contributed by atoms with Crippen LogP contribution in [0, 0.1) is 5.82 Å². The number of nitrogens with zero attached hydrogens (tertiary/aromatic N) is 2. The number of Topliss-reactive ketones (excluding diaryl/α,β-unsaturated/α-hetero) is 1. The highest BCUT2D eigenvalue weighted by atomic mass is 19.1. The average molecular weight is 442 g/mol. The van der Waals surface area contributed by atoms with E-state index in [0.717, 1.165) is 12.6 Å². The van der Waals surface area contributed by atoms with Crippen LogP contribution in [0.4, 0.5) is 4.39 Å². The number of aliphatic hydroxyl groups is 1. The van der Waals surface area contributed by atoms with Crippen LogP contribution in [-0.4, -0.2) is 68.0 Å². The number of hydrogen-bond acceptors (Lipinski definition) is 6. The lowest BCUT2D eigenvalue weighted by Crippen LogP contribution is -2.32. The molecule has 32 heavy (non-hydrogen) atoms. The van der Waals surface area contributed by atoms with Gasteiger partial charge in [0.25, 0.3) is 11.7 Å². The zero-order chi connectivity index (χ0) is 23.4. The minimum absolute atomic E-state index is 0.0114. The third-order valence-corrected chi connectivity index (χ3v) is 5.39. The first kappa shape index (κ1) is 23.3. The minimum atomic E-state index is -0.823. The van der Waals surface area contributed by atoms with Gasteiger partial charge in [0.05, 0.1) is 31.4 Å². The van der Waals surface area contributed by atoms with Crippen molar-refractivity contribution >= 4 is 17.4 Å². The molecule has 1 amide bonds. The fourth-order valence-corrected chi connectivity index (χ4v) is 3.81. The molecule has 0 bridgehead atoms. The molecular formula is C24H27FN2O5. The smallest absolute Gasteiger partial charge is 0.295 e. The number of rotatable bonds is 8. The Morgan fingerprint density at radius 3 is 2.38 bits per heavy atom. The monoisotopic (exact) mass is 442 g/mol. The van der Waals surface area contributed by atoms with Crippen molar-refractivity contribution in [3.05, 3.63) is 65.0 Å². The third-order valence-electron chi connectivity index (χ3n) is 5.39. The zero-order valence-corrected chi connectivity index (χ0v) is 18.6. The van der Waals surface area contributed by atoms with Crippen LogP contribution < -0.4 is 9.47 Å². The van der Waals surface area contributed by atoms with Crippen LogP contribution in [0.3, 0.4) is 0 Å². The predicted molar refractivity (Wildman–Crippen MR) is 118 cm³/mol. The number of ketones is 1. The van der Waals surface area contributed by atoms with Gasteiger partial charge >= 0.3 is 0 Å². The second kappa shape index (κ2) is 9.82. The van der Waals surface area contributed by atoms with Gasteiger partial charge in [-0.15, -0.1) is 0 Å². The Morgan fingerprint density at radius 1 is 1.09 bits per heavy atom. The van der Waals surface area contributed by atoms with Crippen molar-refractivity contribution in [1.82, 2.24) is 9.80 Å². The Bertz CT molecular complexity index is 1030. The number of ether oxygens (including phenoxy) is 2.